The highest BCUT2D eigenvalue weighted by molar-refractivity contribution is 7.26. The van der Waals surface area contributed by atoms with Crippen LogP contribution in [0.5, 0.6) is 0 Å². The van der Waals surface area contributed by atoms with E-state index in [1.54, 1.807) is 0 Å². The average Bonchev–Trinajstić information content (AvgIpc) is 3.72. The molecule has 1 aliphatic heterocycles. The Bertz CT molecular complexity index is 3060. The van der Waals surface area contributed by atoms with Gasteiger partial charge in [0.1, 0.15) is 12.0 Å². The summed E-state index contributed by atoms with van der Waals surface area (Å²) >= 11 is 1.82. The smallest absolute Gasteiger partial charge is 0.159 e. The van der Waals surface area contributed by atoms with Gasteiger partial charge in [0.05, 0.1) is 15.9 Å². The van der Waals surface area contributed by atoms with Gasteiger partial charge in [0, 0.05) is 43.0 Å². The fourth-order valence-corrected chi connectivity index (χ4v) is 9.69. The zero-order chi connectivity index (χ0) is 36.0. The number of pyridine rings is 1. The van der Waals surface area contributed by atoms with Crippen molar-refractivity contribution in [1.82, 2.24) is 10.3 Å². The van der Waals surface area contributed by atoms with Crippen LogP contribution in [0.2, 0.25) is 0 Å². The van der Waals surface area contributed by atoms with Crippen molar-refractivity contribution in [2.24, 2.45) is 9.98 Å². The third-order valence-corrected chi connectivity index (χ3v) is 12.5. The molecule has 0 saturated carbocycles. The molecule has 0 spiro atoms. The minimum atomic E-state index is -0.334. The Balaban J connectivity index is 1.02. The largest absolute Gasteiger partial charge is 0.344 e. The van der Waals surface area contributed by atoms with Crippen molar-refractivity contribution < 1.29 is 0 Å². The number of nitrogens with zero attached hydrogens (tertiary/aromatic N) is 3. The number of aromatic nitrogens is 1. The van der Waals surface area contributed by atoms with Crippen LogP contribution in [0.4, 0.5) is 0 Å². The second-order valence-corrected chi connectivity index (χ2v) is 15.9. The molecule has 256 valence electrons. The quantitative estimate of drug-likeness (QED) is 0.198. The number of hydrogen-bond donors (Lipinski definition) is 1. The number of aliphatic imine (C=N–C) groups is 2. The maximum absolute atomic E-state index is 5.34. The highest BCUT2D eigenvalue weighted by Gasteiger charge is 2.35. The van der Waals surface area contributed by atoms with E-state index in [-0.39, 0.29) is 11.6 Å². The molecular formula is C49H34N4S. The first-order valence-electron chi connectivity index (χ1n) is 18.5. The van der Waals surface area contributed by atoms with E-state index >= 15 is 0 Å². The van der Waals surface area contributed by atoms with E-state index in [1.807, 2.05) is 11.3 Å². The van der Waals surface area contributed by atoms with Crippen molar-refractivity contribution in [1.29, 1.82) is 0 Å². The second kappa shape index (κ2) is 11.8. The molecule has 1 atom stereocenters. The second-order valence-electron chi connectivity index (χ2n) is 14.9. The van der Waals surface area contributed by atoms with E-state index in [9.17, 15) is 0 Å². The molecule has 3 heterocycles. The number of rotatable bonds is 4. The highest BCUT2D eigenvalue weighted by atomic mass is 32.1. The lowest BCUT2D eigenvalue weighted by atomic mass is 9.82. The molecule has 1 unspecified atom stereocenters. The lowest BCUT2D eigenvalue weighted by Crippen LogP contribution is -2.33. The molecule has 1 aliphatic carbocycles. The van der Waals surface area contributed by atoms with Crippen LogP contribution < -0.4 is 5.32 Å². The Hall–Kier alpha value is -6.43. The van der Waals surface area contributed by atoms with Crippen LogP contribution in [0, 0.1) is 0 Å². The normalized spacial score (nSPS) is 15.9. The summed E-state index contributed by atoms with van der Waals surface area (Å²) in [5, 5.41) is 9.69. The maximum Gasteiger partial charge on any atom is 0.159 e. The molecule has 0 saturated heterocycles. The third-order valence-electron chi connectivity index (χ3n) is 11.3. The van der Waals surface area contributed by atoms with Gasteiger partial charge in [-0.1, -0.05) is 153 Å². The van der Waals surface area contributed by atoms with Crippen LogP contribution in [-0.4, -0.2) is 16.7 Å². The van der Waals surface area contributed by atoms with Crippen molar-refractivity contribution in [3.05, 3.63) is 186 Å². The molecule has 5 heteroatoms. The zero-order valence-corrected chi connectivity index (χ0v) is 30.7. The van der Waals surface area contributed by atoms with Crippen molar-refractivity contribution in [2.45, 2.75) is 25.4 Å². The van der Waals surface area contributed by atoms with Gasteiger partial charge in [-0.2, -0.15) is 0 Å². The summed E-state index contributed by atoms with van der Waals surface area (Å²) < 4.78 is 2.50. The minimum Gasteiger partial charge on any atom is -0.344 e. The molecule has 11 rings (SSSR count). The summed E-state index contributed by atoms with van der Waals surface area (Å²) in [6, 6.07) is 56.5. The summed E-state index contributed by atoms with van der Waals surface area (Å²) in [4.78, 5) is 15.9. The number of thiophene rings is 1. The van der Waals surface area contributed by atoms with Gasteiger partial charge < -0.3 is 5.32 Å². The number of amidine groups is 2. The van der Waals surface area contributed by atoms with Crippen LogP contribution in [0.25, 0.3) is 64.2 Å². The van der Waals surface area contributed by atoms with Crippen LogP contribution in [-0.2, 0) is 5.41 Å². The summed E-state index contributed by atoms with van der Waals surface area (Å²) in [6.45, 7) is 4.63. The first kappa shape index (κ1) is 31.1. The van der Waals surface area contributed by atoms with E-state index in [0.717, 1.165) is 50.5 Å². The molecule has 7 aromatic carbocycles. The Kier molecular flexibility index (Phi) is 6.80. The van der Waals surface area contributed by atoms with Gasteiger partial charge in [-0.3, -0.25) is 0 Å². The summed E-state index contributed by atoms with van der Waals surface area (Å²) in [6.07, 6.45) is -0.334. The zero-order valence-electron chi connectivity index (χ0n) is 29.8. The number of nitrogens with one attached hydrogen (secondary N) is 1. The third kappa shape index (κ3) is 4.78. The monoisotopic (exact) mass is 710 g/mol. The molecule has 4 nitrogen and oxygen atoms in total. The van der Waals surface area contributed by atoms with Crippen LogP contribution in [0.1, 0.15) is 47.8 Å². The number of fused-ring (bicyclic) bond motifs is 9. The van der Waals surface area contributed by atoms with E-state index in [1.165, 1.54) is 53.2 Å². The molecule has 2 aromatic heterocycles. The van der Waals surface area contributed by atoms with E-state index in [0.29, 0.717) is 0 Å². The van der Waals surface area contributed by atoms with Gasteiger partial charge in [-0.25, -0.2) is 15.0 Å². The Morgan fingerprint density at radius 3 is 2.13 bits per heavy atom. The predicted molar refractivity (Wildman–Crippen MR) is 227 cm³/mol. The van der Waals surface area contributed by atoms with E-state index in [2.05, 4.69) is 177 Å². The number of hydrogen-bond acceptors (Lipinski definition) is 5. The lowest BCUT2D eigenvalue weighted by Gasteiger charge is -2.25. The van der Waals surface area contributed by atoms with Gasteiger partial charge in [-0.05, 0) is 56.8 Å². The van der Waals surface area contributed by atoms with Crippen molar-refractivity contribution in [3.63, 3.8) is 0 Å². The van der Waals surface area contributed by atoms with Gasteiger partial charge in [0.15, 0.2) is 5.84 Å². The van der Waals surface area contributed by atoms with Crippen LogP contribution in [0.15, 0.2) is 168 Å². The summed E-state index contributed by atoms with van der Waals surface area (Å²) in [5.41, 5.74) is 11.4. The SMILES string of the molecule is CC1(C)c2ccccc2-c2ccc(C3=NC(c4ccc(-c5nc6c7ccccc7sc6c6ccccc56)cc4)NC(c4ccc5ccccc5c4)=N3)cc21. The van der Waals surface area contributed by atoms with Gasteiger partial charge in [0.2, 0.25) is 0 Å². The molecular weight excluding hydrogens is 677 g/mol. The van der Waals surface area contributed by atoms with Crippen LogP contribution in [0.3, 0.4) is 0 Å². The Morgan fingerprint density at radius 1 is 0.574 bits per heavy atom. The fourth-order valence-electron chi connectivity index (χ4n) is 8.50. The minimum absolute atomic E-state index is 0.119. The average molecular weight is 711 g/mol. The maximum atomic E-state index is 5.34. The van der Waals surface area contributed by atoms with E-state index < -0.39 is 0 Å². The van der Waals surface area contributed by atoms with Gasteiger partial charge in [0.25, 0.3) is 0 Å². The lowest BCUT2D eigenvalue weighted by molar-refractivity contribution is 0.659. The Labute approximate surface area is 317 Å². The fraction of sp³-hybridized carbons (Fsp3) is 0.0816. The molecule has 0 fully saturated rings. The highest BCUT2D eigenvalue weighted by Crippen LogP contribution is 2.49. The molecule has 54 heavy (non-hydrogen) atoms. The molecule has 0 radical (unpaired) electrons. The van der Waals surface area contributed by atoms with Crippen molar-refractivity contribution in [3.8, 4) is 22.4 Å². The molecule has 9 aromatic rings. The number of benzene rings is 7. The van der Waals surface area contributed by atoms with Gasteiger partial charge in [-0.15, -0.1) is 11.3 Å². The first-order valence-corrected chi connectivity index (χ1v) is 19.3. The van der Waals surface area contributed by atoms with Crippen LogP contribution >= 0.6 is 11.3 Å². The predicted octanol–water partition coefficient (Wildman–Crippen LogP) is 12.2. The van der Waals surface area contributed by atoms with Gasteiger partial charge >= 0.3 is 0 Å². The Morgan fingerprint density at radius 2 is 1.26 bits per heavy atom. The standard InChI is InChI=1S/C49H34N4S/c1-49(2)40-17-9-7-13-35(40)36-26-25-34(28-41(36)49)48-52-46(51-47(53-48)33-24-19-29-11-3-4-12-32(29)27-33)31-22-20-30(21-23-31)43-37-14-5-6-15-38(37)45-44(50-43)39-16-8-10-18-42(39)54-45/h3-28,46H,1-2H3,(H,51,52,53). The first-order chi connectivity index (χ1) is 26.5. The summed E-state index contributed by atoms with van der Waals surface area (Å²) in [5.74, 6) is 1.54. The molecule has 0 bridgehead atoms. The molecule has 0 amide bonds. The topological polar surface area (TPSA) is 49.6 Å². The molecule has 1 N–H and O–H groups in total. The van der Waals surface area contributed by atoms with Crippen molar-refractivity contribution in [2.75, 3.05) is 0 Å². The summed E-state index contributed by atoms with van der Waals surface area (Å²) in [7, 11) is 0. The van der Waals surface area contributed by atoms with E-state index in [4.69, 9.17) is 15.0 Å². The van der Waals surface area contributed by atoms with Crippen molar-refractivity contribution >= 4 is 64.9 Å². The molecule has 2 aliphatic rings.